The van der Waals surface area contributed by atoms with Crippen LogP contribution in [0.3, 0.4) is 0 Å². The van der Waals surface area contributed by atoms with Crippen LogP contribution in [-0.4, -0.2) is 26.7 Å². The van der Waals surface area contributed by atoms with E-state index in [1.165, 1.54) is 12.1 Å². The van der Waals surface area contributed by atoms with Crippen LogP contribution in [0.4, 0.5) is 0 Å². The highest BCUT2D eigenvalue weighted by molar-refractivity contribution is 7.91. The Balaban J connectivity index is 2.06. The van der Waals surface area contributed by atoms with Crippen molar-refractivity contribution in [1.82, 2.24) is 4.72 Å². The van der Waals surface area contributed by atoms with E-state index in [0.29, 0.717) is 4.88 Å². The molecule has 5 nitrogen and oxygen atoms in total. The van der Waals surface area contributed by atoms with Gasteiger partial charge in [0.05, 0.1) is 0 Å². The number of nitrogens with one attached hydrogen (secondary N) is 1. The molecule has 0 radical (unpaired) electrons. The number of nitriles is 1. The normalized spacial score (nSPS) is 18.6. The van der Waals surface area contributed by atoms with Gasteiger partial charge in [-0.2, -0.15) is 5.26 Å². The molecular formula is C13H18N2O3S2. The third-order valence-electron chi connectivity index (χ3n) is 3.84. The van der Waals surface area contributed by atoms with E-state index in [0.717, 1.165) is 43.4 Å². The van der Waals surface area contributed by atoms with Gasteiger partial charge in [-0.3, -0.25) is 0 Å². The van der Waals surface area contributed by atoms with Crippen LogP contribution in [0.15, 0.2) is 16.3 Å². The molecule has 0 saturated heterocycles. The first-order valence-corrected chi connectivity index (χ1v) is 8.92. The van der Waals surface area contributed by atoms with E-state index >= 15 is 0 Å². The molecule has 1 fully saturated rings. The van der Waals surface area contributed by atoms with Gasteiger partial charge in [0.2, 0.25) is 10.0 Å². The summed E-state index contributed by atoms with van der Waals surface area (Å²) in [5.74, 6) is 0. The first kappa shape index (κ1) is 15.4. The summed E-state index contributed by atoms with van der Waals surface area (Å²) in [4.78, 5) is 0.375. The molecule has 0 spiro atoms. The number of thiophene rings is 1. The maximum absolute atomic E-state index is 12.2. The largest absolute Gasteiger partial charge is 0.396 e. The van der Waals surface area contributed by atoms with E-state index in [1.807, 2.05) is 6.07 Å². The lowest BCUT2D eigenvalue weighted by atomic mass is 9.75. The summed E-state index contributed by atoms with van der Waals surface area (Å²) < 4.78 is 27.1. The monoisotopic (exact) mass is 314 g/mol. The number of sulfonamides is 1. The minimum absolute atomic E-state index is 0.00338. The van der Waals surface area contributed by atoms with Gasteiger partial charge in [-0.25, -0.2) is 13.1 Å². The molecule has 0 atom stereocenters. The minimum Gasteiger partial charge on any atom is -0.396 e. The Morgan fingerprint density at radius 1 is 1.35 bits per heavy atom. The third-order valence-corrected chi connectivity index (χ3v) is 6.73. The molecule has 0 aliphatic heterocycles. The highest BCUT2D eigenvalue weighted by atomic mass is 32.2. The highest BCUT2D eigenvalue weighted by Crippen LogP contribution is 2.35. The number of hydrogen-bond donors (Lipinski definition) is 2. The van der Waals surface area contributed by atoms with Gasteiger partial charge < -0.3 is 5.11 Å². The second kappa shape index (κ2) is 6.22. The molecule has 1 aliphatic rings. The van der Waals surface area contributed by atoms with Gasteiger partial charge in [0.25, 0.3) is 0 Å². The van der Waals surface area contributed by atoms with Crippen LogP contribution in [0, 0.1) is 16.7 Å². The predicted octanol–water partition coefficient (Wildman–Crippen LogP) is 1.84. The fraction of sp³-hybridized carbons (Fsp3) is 0.615. The Labute approximate surface area is 123 Å². The molecule has 110 valence electrons. The average Bonchev–Trinajstić information content (AvgIpc) is 2.96. The molecule has 1 aromatic heterocycles. The molecule has 20 heavy (non-hydrogen) atoms. The number of aliphatic hydroxyl groups is 1. The zero-order valence-electron chi connectivity index (χ0n) is 11.1. The number of nitrogens with zero attached hydrogens (tertiary/aromatic N) is 1. The van der Waals surface area contributed by atoms with Crippen LogP contribution in [0.5, 0.6) is 0 Å². The van der Waals surface area contributed by atoms with Crippen molar-refractivity contribution in [3.05, 3.63) is 17.0 Å². The van der Waals surface area contributed by atoms with Gasteiger partial charge in [0, 0.05) is 18.6 Å². The van der Waals surface area contributed by atoms with Crippen molar-refractivity contribution >= 4 is 21.4 Å². The van der Waals surface area contributed by atoms with Crippen molar-refractivity contribution in [1.29, 1.82) is 5.26 Å². The molecule has 1 saturated carbocycles. The molecule has 1 heterocycles. The van der Waals surface area contributed by atoms with Gasteiger partial charge in [0.15, 0.2) is 0 Å². The SMILES string of the molecule is N#Cc1ccc(S(=O)(=O)NCC2(CO)CCCCC2)s1. The van der Waals surface area contributed by atoms with Crippen LogP contribution in [0.25, 0.3) is 0 Å². The van der Waals surface area contributed by atoms with Crippen molar-refractivity contribution < 1.29 is 13.5 Å². The summed E-state index contributed by atoms with van der Waals surface area (Å²) in [6.45, 7) is 0.259. The Bertz CT molecular complexity index is 595. The van der Waals surface area contributed by atoms with Gasteiger partial charge in [-0.15, -0.1) is 11.3 Å². The lowest BCUT2D eigenvalue weighted by Crippen LogP contribution is -2.41. The lowest BCUT2D eigenvalue weighted by molar-refractivity contribution is 0.0867. The van der Waals surface area contributed by atoms with Gasteiger partial charge in [-0.05, 0) is 25.0 Å². The van der Waals surface area contributed by atoms with Crippen LogP contribution < -0.4 is 4.72 Å². The van der Waals surface area contributed by atoms with E-state index in [-0.39, 0.29) is 22.8 Å². The predicted molar refractivity (Wildman–Crippen MR) is 76.8 cm³/mol. The second-order valence-corrected chi connectivity index (χ2v) is 8.35. The zero-order valence-corrected chi connectivity index (χ0v) is 12.8. The third kappa shape index (κ3) is 3.38. The fourth-order valence-corrected chi connectivity index (χ4v) is 4.84. The standard InChI is InChI=1S/C13H18N2O3S2/c14-8-11-4-5-12(19-11)20(17,18)15-9-13(10-16)6-2-1-3-7-13/h4-5,15-16H,1-3,6-7,9-10H2. The molecule has 2 N–H and O–H groups in total. The maximum atomic E-state index is 12.2. The Morgan fingerprint density at radius 3 is 2.60 bits per heavy atom. The Kier molecular flexibility index (Phi) is 4.81. The fourth-order valence-electron chi connectivity index (χ4n) is 2.54. The molecule has 1 aromatic rings. The van der Waals surface area contributed by atoms with E-state index < -0.39 is 10.0 Å². The first-order valence-electron chi connectivity index (χ1n) is 6.62. The highest BCUT2D eigenvalue weighted by Gasteiger charge is 2.33. The van der Waals surface area contributed by atoms with Crippen molar-refractivity contribution in [2.45, 2.75) is 36.3 Å². The number of aliphatic hydroxyl groups excluding tert-OH is 1. The summed E-state index contributed by atoms with van der Waals surface area (Å²) in [6, 6.07) is 4.87. The van der Waals surface area contributed by atoms with Crippen LogP contribution >= 0.6 is 11.3 Å². The number of hydrogen-bond acceptors (Lipinski definition) is 5. The molecule has 7 heteroatoms. The summed E-state index contributed by atoms with van der Waals surface area (Å²) in [5.41, 5.74) is -0.333. The van der Waals surface area contributed by atoms with E-state index in [9.17, 15) is 13.5 Å². The van der Waals surface area contributed by atoms with Crippen LogP contribution in [-0.2, 0) is 10.0 Å². The van der Waals surface area contributed by atoms with Gasteiger partial charge in [-0.1, -0.05) is 19.3 Å². The second-order valence-electron chi connectivity index (χ2n) is 5.27. The van der Waals surface area contributed by atoms with E-state index in [1.54, 1.807) is 0 Å². The van der Waals surface area contributed by atoms with Crippen molar-refractivity contribution in [2.24, 2.45) is 5.41 Å². The molecule has 0 unspecified atom stereocenters. The van der Waals surface area contributed by atoms with E-state index in [2.05, 4.69) is 4.72 Å². The van der Waals surface area contributed by atoms with Gasteiger partial charge >= 0.3 is 0 Å². The van der Waals surface area contributed by atoms with Crippen molar-refractivity contribution in [3.8, 4) is 6.07 Å². The van der Waals surface area contributed by atoms with Gasteiger partial charge in [0.1, 0.15) is 15.2 Å². The van der Waals surface area contributed by atoms with E-state index in [4.69, 9.17) is 5.26 Å². The quantitative estimate of drug-likeness (QED) is 0.867. The van der Waals surface area contributed by atoms with Crippen molar-refractivity contribution in [2.75, 3.05) is 13.2 Å². The number of rotatable bonds is 5. The molecule has 2 rings (SSSR count). The van der Waals surface area contributed by atoms with Crippen LogP contribution in [0.2, 0.25) is 0 Å². The Hall–Kier alpha value is -0.940. The molecule has 0 amide bonds. The topological polar surface area (TPSA) is 90.2 Å². The summed E-state index contributed by atoms with van der Waals surface area (Å²) in [6.07, 6.45) is 4.89. The van der Waals surface area contributed by atoms with Crippen LogP contribution in [0.1, 0.15) is 37.0 Å². The smallest absolute Gasteiger partial charge is 0.250 e. The molecule has 0 bridgehead atoms. The molecule has 1 aliphatic carbocycles. The zero-order chi connectivity index (χ0) is 14.6. The maximum Gasteiger partial charge on any atom is 0.250 e. The first-order chi connectivity index (χ1) is 9.51. The molecular weight excluding hydrogens is 296 g/mol. The minimum atomic E-state index is -3.59. The van der Waals surface area contributed by atoms with Crippen molar-refractivity contribution in [3.63, 3.8) is 0 Å². The lowest BCUT2D eigenvalue weighted by Gasteiger charge is -2.35. The summed E-state index contributed by atoms with van der Waals surface area (Å²) in [7, 11) is -3.59. The summed E-state index contributed by atoms with van der Waals surface area (Å²) >= 11 is 0.959. The molecule has 0 aromatic carbocycles. The average molecular weight is 314 g/mol. The Morgan fingerprint density at radius 2 is 2.05 bits per heavy atom. The summed E-state index contributed by atoms with van der Waals surface area (Å²) in [5, 5.41) is 18.3.